The number of likely N-dealkylation sites (tertiary alicyclic amines) is 2. The molecule has 4 aromatic heterocycles. The van der Waals surface area contributed by atoms with Gasteiger partial charge < -0.3 is 49.3 Å². The van der Waals surface area contributed by atoms with Crippen LogP contribution in [0.15, 0.2) is 73.3 Å². The molecule has 6 heterocycles. The number of benzene rings is 2. The summed E-state index contributed by atoms with van der Waals surface area (Å²) in [7, 11) is 5.03. The normalized spacial score (nSPS) is 18.4. The lowest BCUT2D eigenvalue weighted by Crippen LogP contribution is -2.51. The second-order valence-electron chi connectivity index (χ2n) is 18.5. The lowest BCUT2D eigenvalue weighted by Gasteiger charge is -2.29. The summed E-state index contributed by atoms with van der Waals surface area (Å²) in [6.07, 6.45) is 5.89. The lowest BCUT2D eigenvalue weighted by atomic mass is 9.94. The minimum Gasteiger partial charge on any atom is -0.464 e. The standard InChI is InChI=1S/C49H58N14O10/c1-26(2)34(19-52-48(68)72-7)44(64)60-22-32(62-24-37(56-58-62)46(66)70-5)17-39(60)42-50-20-35(53-42)30-13-9-28(10-14-30)29-11-15-31(16-12-29)36-21-51-43(54-36)40-18-33(63-25-38(57-59-63)47(67)71-6)23-61(40)45(65)41(27(3)4)55-49(69)73-8/h9-16,20-21,24-27,32-34,39-41H,17-19,22-23H2,1-8H3,(H,50,53)(H,51,54)(H,52,68)(H,55,69)/t32-,33-,34-,39?,40?,41-/m0/s1. The molecule has 24 heteroatoms. The number of ether oxygens (including phenoxy) is 4. The Labute approximate surface area is 419 Å². The maximum Gasteiger partial charge on any atom is 0.407 e. The van der Waals surface area contributed by atoms with Crippen molar-refractivity contribution in [2.24, 2.45) is 17.8 Å². The maximum absolute atomic E-state index is 14.3. The third-order valence-corrected chi connectivity index (χ3v) is 13.4. The first-order chi connectivity index (χ1) is 35.1. The molecule has 6 atom stereocenters. The van der Waals surface area contributed by atoms with Crippen LogP contribution >= 0.6 is 0 Å². The van der Waals surface area contributed by atoms with Gasteiger partial charge in [-0.1, -0.05) is 86.7 Å². The van der Waals surface area contributed by atoms with E-state index in [0.29, 0.717) is 24.5 Å². The number of imidazole rings is 2. The van der Waals surface area contributed by atoms with Crippen molar-refractivity contribution in [1.82, 2.24) is 70.4 Å². The molecule has 0 bridgehead atoms. The van der Waals surface area contributed by atoms with Gasteiger partial charge in [-0.3, -0.25) is 9.59 Å². The van der Waals surface area contributed by atoms with Crippen molar-refractivity contribution in [3.63, 3.8) is 0 Å². The van der Waals surface area contributed by atoms with Gasteiger partial charge in [0, 0.05) is 19.6 Å². The Morgan fingerprint density at radius 3 is 1.45 bits per heavy atom. The maximum atomic E-state index is 14.3. The van der Waals surface area contributed by atoms with Crippen molar-refractivity contribution in [2.75, 3.05) is 48.1 Å². The summed E-state index contributed by atoms with van der Waals surface area (Å²) in [6.45, 7) is 8.03. The molecule has 0 radical (unpaired) electrons. The average Bonchev–Trinajstić information content (AvgIpc) is 4.27. The van der Waals surface area contributed by atoms with Crippen molar-refractivity contribution < 1.29 is 47.7 Å². The number of rotatable bonds is 16. The monoisotopic (exact) mass is 1000 g/mol. The molecule has 6 aromatic rings. The SMILES string of the molecule is COC(=O)NC[C@H](C(=O)N1C[C@@H](n2cc(C(=O)OC)nn2)CC1c1ncc(-c2ccc(-c3ccc(-c4cnc(C5C[C@H](n6cc(C(=O)OC)nn6)CN5C(=O)[C@@H](NC(=O)OC)C(C)C)[nH]4)cc3)cc2)[nH]1)C(C)C. The minimum absolute atomic E-state index is 0.0361. The van der Waals surface area contributed by atoms with Crippen molar-refractivity contribution in [3.8, 4) is 33.6 Å². The van der Waals surface area contributed by atoms with Gasteiger partial charge in [0.15, 0.2) is 11.4 Å². The molecule has 2 fully saturated rings. The summed E-state index contributed by atoms with van der Waals surface area (Å²) < 4.78 is 22.3. The summed E-state index contributed by atoms with van der Waals surface area (Å²) in [4.78, 5) is 97.0. The number of methoxy groups -OCH3 is 4. The number of alkyl carbamates (subject to hydrolysis) is 2. The van der Waals surface area contributed by atoms with Gasteiger partial charge >= 0.3 is 24.1 Å². The highest BCUT2D eigenvalue weighted by atomic mass is 16.5. The van der Waals surface area contributed by atoms with Crippen LogP contribution in [0.2, 0.25) is 0 Å². The highest BCUT2D eigenvalue weighted by Crippen LogP contribution is 2.40. The van der Waals surface area contributed by atoms with Gasteiger partial charge in [-0.15, -0.1) is 10.2 Å². The zero-order chi connectivity index (χ0) is 52.1. The van der Waals surface area contributed by atoms with Gasteiger partial charge in [-0.05, 0) is 46.9 Å². The summed E-state index contributed by atoms with van der Waals surface area (Å²) in [5, 5.41) is 21.6. The third-order valence-electron chi connectivity index (χ3n) is 13.4. The number of aromatic amines is 2. The van der Waals surface area contributed by atoms with Crippen molar-refractivity contribution >= 4 is 35.9 Å². The number of nitrogens with one attached hydrogen (secondary N) is 4. The zero-order valence-corrected chi connectivity index (χ0v) is 41.6. The van der Waals surface area contributed by atoms with E-state index in [9.17, 15) is 28.8 Å². The highest BCUT2D eigenvalue weighted by molar-refractivity contribution is 5.88. The quantitative estimate of drug-likeness (QED) is 0.0739. The zero-order valence-electron chi connectivity index (χ0n) is 41.6. The molecule has 73 heavy (non-hydrogen) atoms. The Morgan fingerprint density at radius 2 is 1.04 bits per heavy atom. The van der Waals surface area contributed by atoms with Crippen LogP contribution in [0, 0.1) is 17.8 Å². The fraction of sp³-hybridized carbons (Fsp3) is 0.429. The molecular formula is C49H58N14O10. The Kier molecular flexibility index (Phi) is 15.3. The van der Waals surface area contributed by atoms with Gasteiger partial charge in [-0.2, -0.15) is 0 Å². The average molecular weight is 1000 g/mol. The van der Waals surface area contributed by atoms with E-state index >= 15 is 0 Å². The molecule has 8 rings (SSSR count). The van der Waals surface area contributed by atoms with E-state index in [1.54, 1.807) is 31.6 Å². The summed E-state index contributed by atoms with van der Waals surface area (Å²) >= 11 is 0. The summed E-state index contributed by atoms with van der Waals surface area (Å²) in [5.74, 6) is -1.62. The molecule has 384 valence electrons. The predicted octanol–water partition coefficient (Wildman–Crippen LogP) is 4.93. The molecule has 2 aromatic carbocycles. The number of nitrogens with zero attached hydrogens (tertiary/aromatic N) is 10. The van der Waals surface area contributed by atoms with E-state index in [-0.39, 0.29) is 66.8 Å². The lowest BCUT2D eigenvalue weighted by molar-refractivity contribution is -0.138. The number of aromatic nitrogens is 10. The highest BCUT2D eigenvalue weighted by Gasteiger charge is 2.44. The largest absolute Gasteiger partial charge is 0.464 e. The molecule has 0 spiro atoms. The van der Waals surface area contributed by atoms with Crippen molar-refractivity contribution in [2.45, 2.75) is 70.7 Å². The number of H-pyrrole nitrogens is 2. The number of hydrogen-bond donors (Lipinski definition) is 4. The van der Waals surface area contributed by atoms with Crippen LogP contribution in [0.3, 0.4) is 0 Å². The molecule has 2 saturated heterocycles. The van der Waals surface area contributed by atoms with Gasteiger partial charge in [0.1, 0.15) is 17.7 Å². The number of hydrogen-bond acceptors (Lipinski definition) is 16. The number of carbonyl (C=O) groups is 6. The first-order valence-electron chi connectivity index (χ1n) is 23.7. The van der Waals surface area contributed by atoms with E-state index in [0.717, 1.165) is 33.6 Å². The third kappa shape index (κ3) is 10.9. The second-order valence-corrected chi connectivity index (χ2v) is 18.5. The van der Waals surface area contributed by atoms with E-state index in [1.807, 2.05) is 76.2 Å². The fourth-order valence-electron chi connectivity index (χ4n) is 9.28. The molecule has 0 aliphatic carbocycles. The number of esters is 2. The van der Waals surface area contributed by atoms with Crippen molar-refractivity contribution in [1.29, 1.82) is 0 Å². The van der Waals surface area contributed by atoms with Crippen LogP contribution in [0.1, 0.15) is 97.3 Å². The van der Waals surface area contributed by atoms with Crippen LogP contribution in [0.5, 0.6) is 0 Å². The smallest absolute Gasteiger partial charge is 0.407 e. The van der Waals surface area contributed by atoms with Crippen LogP contribution in [-0.4, -0.2) is 150 Å². The Balaban J connectivity index is 0.986. The van der Waals surface area contributed by atoms with Crippen LogP contribution < -0.4 is 10.6 Å². The molecule has 2 aliphatic rings. The number of amides is 4. The first-order valence-corrected chi connectivity index (χ1v) is 23.7. The van der Waals surface area contributed by atoms with Crippen LogP contribution in [0.25, 0.3) is 33.6 Å². The molecule has 0 saturated carbocycles. The van der Waals surface area contributed by atoms with E-state index < -0.39 is 48.2 Å². The fourth-order valence-corrected chi connectivity index (χ4v) is 9.28. The van der Waals surface area contributed by atoms with Crippen LogP contribution in [-0.2, 0) is 28.5 Å². The van der Waals surface area contributed by atoms with Gasteiger partial charge in [0.2, 0.25) is 11.8 Å². The van der Waals surface area contributed by atoms with E-state index in [1.165, 1.54) is 40.8 Å². The Morgan fingerprint density at radius 1 is 0.603 bits per heavy atom. The van der Waals surface area contributed by atoms with Crippen LogP contribution in [0.4, 0.5) is 9.59 Å². The van der Waals surface area contributed by atoms with Crippen molar-refractivity contribution in [3.05, 3.63) is 96.4 Å². The Hall–Kier alpha value is -8.44. The summed E-state index contributed by atoms with van der Waals surface area (Å²) in [5.41, 5.74) is 5.20. The van der Waals surface area contributed by atoms with E-state index in [2.05, 4.69) is 41.2 Å². The first kappa shape index (κ1) is 50.9. The molecule has 2 unspecified atom stereocenters. The molecule has 2 aliphatic heterocycles. The second kappa shape index (κ2) is 21.9. The molecule has 4 N–H and O–H groups in total. The van der Waals surface area contributed by atoms with Gasteiger partial charge in [0.05, 0.1) is 94.7 Å². The summed E-state index contributed by atoms with van der Waals surface area (Å²) in [6, 6.07) is 13.3. The topological polar surface area (TPSA) is 289 Å². The van der Waals surface area contributed by atoms with E-state index in [4.69, 9.17) is 28.9 Å². The van der Waals surface area contributed by atoms with Gasteiger partial charge in [0.25, 0.3) is 0 Å². The predicted molar refractivity (Wildman–Crippen MR) is 259 cm³/mol. The molecular weight excluding hydrogens is 945 g/mol. The van der Waals surface area contributed by atoms with Gasteiger partial charge in [-0.25, -0.2) is 38.5 Å². The molecule has 4 amide bonds. The molecule has 24 nitrogen and oxygen atoms in total. The number of carbonyl (C=O) groups excluding carboxylic acids is 6. The Bertz CT molecular complexity index is 2940. The minimum atomic E-state index is -0.887.